The van der Waals surface area contributed by atoms with Crippen molar-refractivity contribution in [1.29, 1.82) is 0 Å². The van der Waals surface area contributed by atoms with Crippen molar-refractivity contribution in [3.63, 3.8) is 0 Å². The number of halogens is 3. The minimum Gasteiger partial charge on any atom is -0.301 e. The van der Waals surface area contributed by atoms with E-state index in [1.54, 1.807) is 6.07 Å². The molecule has 0 saturated carbocycles. The summed E-state index contributed by atoms with van der Waals surface area (Å²) in [4.78, 5) is 4.65. The Bertz CT molecular complexity index is 449. The predicted octanol–water partition coefficient (Wildman–Crippen LogP) is 3.48. The minimum atomic E-state index is -4.26. The average molecular weight is 300 g/mol. The van der Waals surface area contributed by atoms with Crippen LogP contribution in [0, 0.1) is 5.92 Å². The SMILES string of the molecule is CC(C)CN1CCN(Cc2cccc(C(F)(F)F)c2)CC1. The molecular formula is C16H23F3N2. The molecule has 0 radical (unpaired) electrons. The molecule has 0 aromatic heterocycles. The molecule has 1 aliphatic heterocycles. The molecule has 0 bridgehead atoms. The number of hydrogen-bond donors (Lipinski definition) is 0. The van der Waals surface area contributed by atoms with Gasteiger partial charge in [0.05, 0.1) is 5.56 Å². The molecule has 2 rings (SSSR count). The van der Waals surface area contributed by atoms with Crippen molar-refractivity contribution >= 4 is 0 Å². The summed E-state index contributed by atoms with van der Waals surface area (Å²) in [5.41, 5.74) is 0.181. The maximum Gasteiger partial charge on any atom is 0.416 e. The molecule has 1 aromatic carbocycles. The number of benzene rings is 1. The second-order valence-corrected chi connectivity index (χ2v) is 6.17. The van der Waals surface area contributed by atoms with E-state index in [1.165, 1.54) is 12.1 Å². The third-order valence-electron chi connectivity index (χ3n) is 3.75. The minimum absolute atomic E-state index is 0.557. The third kappa shape index (κ3) is 5.00. The normalized spacial score (nSPS) is 18.4. The first-order valence-electron chi connectivity index (χ1n) is 7.45. The Labute approximate surface area is 124 Å². The van der Waals surface area contributed by atoms with Crippen LogP contribution in [0.3, 0.4) is 0 Å². The van der Waals surface area contributed by atoms with E-state index in [1.807, 2.05) is 0 Å². The fourth-order valence-corrected chi connectivity index (χ4v) is 2.75. The van der Waals surface area contributed by atoms with Crippen LogP contribution in [0.2, 0.25) is 0 Å². The maximum atomic E-state index is 12.7. The predicted molar refractivity (Wildman–Crippen MR) is 78.0 cm³/mol. The number of alkyl halides is 3. The topological polar surface area (TPSA) is 6.48 Å². The summed E-state index contributed by atoms with van der Waals surface area (Å²) in [6, 6.07) is 5.66. The molecule has 1 aliphatic rings. The molecule has 0 aliphatic carbocycles. The van der Waals surface area contributed by atoms with Gasteiger partial charge in [0.15, 0.2) is 0 Å². The van der Waals surface area contributed by atoms with Gasteiger partial charge in [0, 0.05) is 39.3 Å². The summed E-state index contributed by atoms with van der Waals surface area (Å²) >= 11 is 0. The summed E-state index contributed by atoms with van der Waals surface area (Å²) < 4.78 is 38.1. The van der Waals surface area contributed by atoms with Gasteiger partial charge in [-0.15, -0.1) is 0 Å². The van der Waals surface area contributed by atoms with E-state index >= 15 is 0 Å². The van der Waals surface area contributed by atoms with E-state index in [-0.39, 0.29) is 0 Å². The van der Waals surface area contributed by atoms with Crippen LogP contribution in [0.5, 0.6) is 0 Å². The first-order chi connectivity index (χ1) is 9.84. The van der Waals surface area contributed by atoms with Crippen LogP contribution in [0.4, 0.5) is 13.2 Å². The van der Waals surface area contributed by atoms with Crippen molar-refractivity contribution in [3.05, 3.63) is 35.4 Å². The van der Waals surface area contributed by atoms with Crippen LogP contribution >= 0.6 is 0 Å². The average Bonchev–Trinajstić information content (AvgIpc) is 2.40. The van der Waals surface area contributed by atoms with Crippen molar-refractivity contribution in [2.24, 2.45) is 5.92 Å². The molecule has 2 nitrogen and oxygen atoms in total. The van der Waals surface area contributed by atoms with Gasteiger partial charge in [-0.05, 0) is 17.5 Å². The second-order valence-electron chi connectivity index (χ2n) is 6.17. The molecule has 5 heteroatoms. The highest BCUT2D eigenvalue weighted by Crippen LogP contribution is 2.29. The maximum absolute atomic E-state index is 12.7. The first kappa shape index (κ1) is 16.3. The Morgan fingerprint density at radius 2 is 1.67 bits per heavy atom. The summed E-state index contributed by atoms with van der Waals surface area (Å²) in [5, 5.41) is 0. The van der Waals surface area contributed by atoms with Gasteiger partial charge in [0.1, 0.15) is 0 Å². The highest BCUT2D eigenvalue weighted by Gasteiger charge is 2.30. The Morgan fingerprint density at radius 3 is 2.24 bits per heavy atom. The van der Waals surface area contributed by atoms with E-state index in [2.05, 4.69) is 23.6 Å². The summed E-state index contributed by atoms with van der Waals surface area (Å²) in [6.07, 6.45) is -4.26. The lowest BCUT2D eigenvalue weighted by molar-refractivity contribution is -0.137. The molecule has 1 fully saturated rings. The lowest BCUT2D eigenvalue weighted by Gasteiger charge is -2.35. The van der Waals surface area contributed by atoms with Crippen LogP contribution in [-0.2, 0) is 12.7 Å². The number of rotatable bonds is 4. The molecule has 21 heavy (non-hydrogen) atoms. The van der Waals surface area contributed by atoms with E-state index in [0.717, 1.165) is 44.4 Å². The monoisotopic (exact) mass is 300 g/mol. The van der Waals surface area contributed by atoms with Gasteiger partial charge < -0.3 is 4.90 Å². The fraction of sp³-hybridized carbons (Fsp3) is 0.625. The van der Waals surface area contributed by atoms with Crippen molar-refractivity contribution in [2.75, 3.05) is 32.7 Å². The number of piperazine rings is 1. The summed E-state index contributed by atoms with van der Waals surface area (Å²) in [5.74, 6) is 0.653. The quantitative estimate of drug-likeness (QED) is 0.840. The first-order valence-corrected chi connectivity index (χ1v) is 7.45. The molecule has 0 unspecified atom stereocenters. The van der Waals surface area contributed by atoms with Crippen molar-refractivity contribution in [3.8, 4) is 0 Å². The van der Waals surface area contributed by atoms with Gasteiger partial charge in [-0.3, -0.25) is 4.90 Å². The van der Waals surface area contributed by atoms with Gasteiger partial charge >= 0.3 is 6.18 Å². The summed E-state index contributed by atoms with van der Waals surface area (Å²) in [7, 11) is 0. The fourth-order valence-electron chi connectivity index (χ4n) is 2.75. The van der Waals surface area contributed by atoms with Gasteiger partial charge in [0.2, 0.25) is 0 Å². The summed E-state index contributed by atoms with van der Waals surface area (Å²) in [6.45, 7) is 9.93. The zero-order chi connectivity index (χ0) is 15.5. The molecule has 0 N–H and O–H groups in total. The standard InChI is InChI=1S/C16H23F3N2/c1-13(2)11-20-6-8-21(9-7-20)12-14-4-3-5-15(10-14)16(17,18)19/h3-5,10,13H,6-9,11-12H2,1-2H3. The third-order valence-corrected chi connectivity index (χ3v) is 3.75. The van der Waals surface area contributed by atoms with E-state index in [0.29, 0.717) is 12.5 Å². The highest BCUT2D eigenvalue weighted by molar-refractivity contribution is 5.25. The van der Waals surface area contributed by atoms with Gasteiger partial charge in [-0.2, -0.15) is 13.2 Å². The second kappa shape index (κ2) is 6.79. The van der Waals surface area contributed by atoms with Gasteiger partial charge in [-0.1, -0.05) is 32.0 Å². The lowest BCUT2D eigenvalue weighted by Crippen LogP contribution is -2.46. The zero-order valence-corrected chi connectivity index (χ0v) is 12.7. The molecule has 118 valence electrons. The van der Waals surface area contributed by atoms with Crippen LogP contribution in [0.1, 0.15) is 25.0 Å². The zero-order valence-electron chi connectivity index (χ0n) is 12.7. The van der Waals surface area contributed by atoms with Crippen LogP contribution < -0.4 is 0 Å². The molecule has 0 atom stereocenters. The van der Waals surface area contributed by atoms with E-state index in [4.69, 9.17) is 0 Å². The highest BCUT2D eigenvalue weighted by atomic mass is 19.4. The van der Waals surface area contributed by atoms with Crippen molar-refractivity contribution in [2.45, 2.75) is 26.6 Å². The molecule has 1 heterocycles. The van der Waals surface area contributed by atoms with E-state index < -0.39 is 11.7 Å². The number of hydrogen-bond acceptors (Lipinski definition) is 2. The molecule has 0 amide bonds. The largest absolute Gasteiger partial charge is 0.416 e. The van der Waals surface area contributed by atoms with Gasteiger partial charge in [-0.25, -0.2) is 0 Å². The van der Waals surface area contributed by atoms with Crippen molar-refractivity contribution < 1.29 is 13.2 Å². The number of nitrogens with zero attached hydrogens (tertiary/aromatic N) is 2. The molecular weight excluding hydrogens is 277 g/mol. The lowest BCUT2D eigenvalue weighted by atomic mass is 10.1. The smallest absolute Gasteiger partial charge is 0.301 e. The molecule has 1 saturated heterocycles. The van der Waals surface area contributed by atoms with E-state index in [9.17, 15) is 13.2 Å². The van der Waals surface area contributed by atoms with Gasteiger partial charge in [0.25, 0.3) is 0 Å². The Hall–Kier alpha value is -1.07. The molecule has 0 spiro atoms. The Kier molecular flexibility index (Phi) is 5.27. The van der Waals surface area contributed by atoms with Crippen LogP contribution in [-0.4, -0.2) is 42.5 Å². The Balaban J connectivity index is 1.89. The van der Waals surface area contributed by atoms with Crippen LogP contribution in [0.15, 0.2) is 24.3 Å². The van der Waals surface area contributed by atoms with Crippen molar-refractivity contribution in [1.82, 2.24) is 9.80 Å². The molecule has 1 aromatic rings. The van der Waals surface area contributed by atoms with Crippen LogP contribution in [0.25, 0.3) is 0 Å². The Morgan fingerprint density at radius 1 is 1.05 bits per heavy atom.